The lowest BCUT2D eigenvalue weighted by atomic mass is 10.1. The largest absolute Gasteiger partial charge is 0.355 e. The van der Waals surface area contributed by atoms with Gasteiger partial charge in [0, 0.05) is 25.5 Å². The van der Waals surface area contributed by atoms with Crippen molar-refractivity contribution in [1.82, 2.24) is 4.98 Å². The van der Waals surface area contributed by atoms with Gasteiger partial charge < -0.3 is 10.6 Å². The van der Waals surface area contributed by atoms with Crippen LogP contribution in [0.15, 0.2) is 23.2 Å². The molecule has 1 aliphatic rings. The molecule has 1 aliphatic heterocycles. The van der Waals surface area contributed by atoms with Crippen LogP contribution in [0.3, 0.4) is 0 Å². The van der Waals surface area contributed by atoms with Gasteiger partial charge in [0.2, 0.25) is 0 Å². The van der Waals surface area contributed by atoms with Crippen LogP contribution in [0.1, 0.15) is 6.42 Å². The molecule has 1 saturated heterocycles. The molecule has 6 heteroatoms. The van der Waals surface area contributed by atoms with Crippen molar-refractivity contribution in [3.05, 3.63) is 18.3 Å². The SMILES string of the molecule is CS(=O)(=O)c1cccnc1N1CCC(CN)C1. The van der Waals surface area contributed by atoms with Crippen LogP contribution < -0.4 is 10.6 Å². The van der Waals surface area contributed by atoms with Gasteiger partial charge in [-0.3, -0.25) is 0 Å². The van der Waals surface area contributed by atoms with E-state index in [1.165, 1.54) is 6.26 Å². The fourth-order valence-electron chi connectivity index (χ4n) is 2.13. The van der Waals surface area contributed by atoms with Crippen molar-refractivity contribution in [2.45, 2.75) is 11.3 Å². The van der Waals surface area contributed by atoms with E-state index in [1.54, 1.807) is 18.3 Å². The summed E-state index contributed by atoms with van der Waals surface area (Å²) < 4.78 is 23.3. The number of rotatable bonds is 3. The predicted octanol–water partition coefficient (Wildman–Crippen LogP) is 0.270. The molecule has 1 atom stereocenters. The number of aromatic nitrogens is 1. The van der Waals surface area contributed by atoms with Crippen LogP contribution >= 0.6 is 0 Å². The molecule has 0 saturated carbocycles. The number of pyridine rings is 1. The topological polar surface area (TPSA) is 76.3 Å². The first-order chi connectivity index (χ1) is 8.02. The molecule has 0 bridgehead atoms. The molecule has 5 nitrogen and oxygen atoms in total. The summed E-state index contributed by atoms with van der Waals surface area (Å²) in [6, 6.07) is 3.25. The zero-order valence-electron chi connectivity index (χ0n) is 9.83. The van der Waals surface area contributed by atoms with E-state index in [0.717, 1.165) is 19.5 Å². The molecule has 17 heavy (non-hydrogen) atoms. The van der Waals surface area contributed by atoms with Crippen molar-refractivity contribution in [3.63, 3.8) is 0 Å². The van der Waals surface area contributed by atoms with Gasteiger partial charge >= 0.3 is 0 Å². The highest BCUT2D eigenvalue weighted by molar-refractivity contribution is 7.90. The van der Waals surface area contributed by atoms with Gasteiger partial charge in [-0.25, -0.2) is 13.4 Å². The Kier molecular flexibility index (Phi) is 3.35. The fourth-order valence-corrected chi connectivity index (χ4v) is 2.97. The van der Waals surface area contributed by atoms with Crippen LogP contribution in [-0.2, 0) is 9.84 Å². The van der Waals surface area contributed by atoms with Crippen LogP contribution in [-0.4, -0.2) is 39.3 Å². The number of nitrogens with zero attached hydrogens (tertiary/aromatic N) is 2. The highest BCUT2D eigenvalue weighted by Gasteiger charge is 2.26. The lowest BCUT2D eigenvalue weighted by molar-refractivity contribution is 0.598. The summed E-state index contributed by atoms with van der Waals surface area (Å²) in [5.74, 6) is 0.996. The van der Waals surface area contributed by atoms with Gasteiger partial charge in [0.05, 0.1) is 0 Å². The van der Waals surface area contributed by atoms with Gasteiger partial charge in [-0.05, 0) is 31.0 Å². The van der Waals surface area contributed by atoms with Crippen LogP contribution in [0.25, 0.3) is 0 Å². The van der Waals surface area contributed by atoms with E-state index in [9.17, 15) is 8.42 Å². The Morgan fingerprint density at radius 2 is 2.35 bits per heavy atom. The summed E-state index contributed by atoms with van der Waals surface area (Å²) in [5.41, 5.74) is 5.63. The molecular formula is C11H17N3O2S. The zero-order chi connectivity index (χ0) is 12.5. The lowest BCUT2D eigenvalue weighted by Crippen LogP contribution is -2.25. The molecule has 2 N–H and O–H groups in total. The lowest BCUT2D eigenvalue weighted by Gasteiger charge is -2.19. The molecule has 0 radical (unpaired) electrons. The van der Waals surface area contributed by atoms with Crippen LogP contribution in [0.2, 0.25) is 0 Å². The van der Waals surface area contributed by atoms with Crippen molar-refractivity contribution in [3.8, 4) is 0 Å². The third-order valence-corrected chi connectivity index (χ3v) is 4.19. The maximum absolute atomic E-state index is 11.7. The van der Waals surface area contributed by atoms with E-state index >= 15 is 0 Å². The molecule has 0 spiro atoms. The Balaban J connectivity index is 2.34. The quantitative estimate of drug-likeness (QED) is 0.839. The number of hydrogen-bond acceptors (Lipinski definition) is 5. The number of sulfone groups is 1. The molecular weight excluding hydrogens is 238 g/mol. The van der Waals surface area contributed by atoms with Gasteiger partial charge in [0.1, 0.15) is 10.7 Å². The molecule has 1 aromatic heterocycles. The highest BCUT2D eigenvalue weighted by Crippen LogP contribution is 2.27. The van der Waals surface area contributed by atoms with Crippen LogP contribution in [0, 0.1) is 5.92 Å². The standard InChI is InChI=1S/C11H17N3O2S/c1-17(15,16)10-3-2-5-13-11(10)14-6-4-9(7-12)8-14/h2-3,5,9H,4,6-8,12H2,1H3. The van der Waals surface area contributed by atoms with Gasteiger partial charge in [-0.1, -0.05) is 0 Å². The summed E-state index contributed by atoms with van der Waals surface area (Å²) in [7, 11) is -3.23. The Morgan fingerprint density at radius 1 is 1.59 bits per heavy atom. The second kappa shape index (κ2) is 4.62. The van der Waals surface area contributed by atoms with Crippen molar-refractivity contribution in [2.75, 3.05) is 30.8 Å². The second-order valence-corrected chi connectivity index (χ2v) is 6.42. The maximum Gasteiger partial charge on any atom is 0.179 e. The third kappa shape index (κ3) is 2.58. The number of hydrogen-bond donors (Lipinski definition) is 1. The molecule has 2 heterocycles. The second-order valence-electron chi connectivity index (χ2n) is 4.43. The minimum absolute atomic E-state index is 0.303. The van der Waals surface area contributed by atoms with Crippen molar-refractivity contribution < 1.29 is 8.42 Å². The summed E-state index contributed by atoms with van der Waals surface area (Å²) in [6.07, 6.45) is 3.83. The Hall–Kier alpha value is -1.14. The van der Waals surface area contributed by atoms with Gasteiger partial charge in [-0.2, -0.15) is 0 Å². The van der Waals surface area contributed by atoms with Gasteiger partial charge in [-0.15, -0.1) is 0 Å². The Morgan fingerprint density at radius 3 is 2.94 bits per heavy atom. The molecule has 1 fully saturated rings. The zero-order valence-corrected chi connectivity index (χ0v) is 10.7. The van der Waals surface area contributed by atoms with E-state index in [1.807, 2.05) is 4.90 Å². The van der Waals surface area contributed by atoms with E-state index in [-0.39, 0.29) is 0 Å². The number of anilines is 1. The first-order valence-electron chi connectivity index (χ1n) is 5.62. The molecule has 1 aromatic rings. The first-order valence-corrected chi connectivity index (χ1v) is 7.51. The molecule has 2 rings (SSSR count). The van der Waals surface area contributed by atoms with Crippen molar-refractivity contribution in [2.24, 2.45) is 11.7 Å². The Labute approximate surface area is 102 Å². The Bertz CT molecular complexity index is 501. The van der Waals surface area contributed by atoms with Crippen LogP contribution in [0.4, 0.5) is 5.82 Å². The van der Waals surface area contributed by atoms with E-state index in [4.69, 9.17) is 5.73 Å². The van der Waals surface area contributed by atoms with Crippen LogP contribution in [0.5, 0.6) is 0 Å². The predicted molar refractivity (Wildman–Crippen MR) is 66.7 cm³/mol. The van der Waals surface area contributed by atoms with E-state index in [0.29, 0.717) is 23.2 Å². The minimum atomic E-state index is -3.23. The summed E-state index contributed by atoms with van der Waals surface area (Å²) in [5, 5.41) is 0. The third-order valence-electron chi connectivity index (χ3n) is 3.07. The normalized spacial score (nSPS) is 20.8. The smallest absolute Gasteiger partial charge is 0.179 e. The summed E-state index contributed by atoms with van der Waals surface area (Å²) >= 11 is 0. The minimum Gasteiger partial charge on any atom is -0.355 e. The average Bonchev–Trinajstić information content (AvgIpc) is 2.76. The monoisotopic (exact) mass is 255 g/mol. The van der Waals surface area contributed by atoms with Crippen molar-refractivity contribution >= 4 is 15.7 Å². The molecule has 94 valence electrons. The van der Waals surface area contributed by atoms with E-state index in [2.05, 4.69) is 4.98 Å². The van der Waals surface area contributed by atoms with E-state index < -0.39 is 9.84 Å². The van der Waals surface area contributed by atoms with Crippen molar-refractivity contribution in [1.29, 1.82) is 0 Å². The summed E-state index contributed by atoms with van der Waals surface area (Å²) in [4.78, 5) is 6.51. The molecule has 0 aliphatic carbocycles. The molecule has 0 aromatic carbocycles. The fraction of sp³-hybridized carbons (Fsp3) is 0.545. The maximum atomic E-state index is 11.7. The summed E-state index contributed by atoms with van der Waals surface area (Å²) in [6.45, 7) is 2.25. The average molecular weight is 255 g/mol. The molecule has 1 unspecified atom stereocenters. The highest BCUT2D eigenvalue weighted by atomic mass is 32.2. The number of nitrogens with two attached hydrogens (primary N) is 1. The molecule has 0 amide bonds. The first kappa shape index (κ1) is 12.3. The van der Waals surface area contributed by atoms with Gasteiger partial charge in [0.25, 0.3) is 0 Å². The van der Waals surface area contributed by atoms with Gasteiger partial charge in [0.15, 0.2) is 9.84 Å².